The summed E-state index contributed by atoms with van der Waals surface area (Å²) in [5.41, 5.74) is 0. The summed E-state index contributed by atoms with van der Waals surface area (Å²) < 4.78 is 0. The van der Waals surface area contributed by atoms with Crippen LogP contribution in [0.2, 0.25) is 0 Å². The molecule has 116 valence electrons. The van der Waals surface area contributed by atoms with E-state index in [-0.39, 0.29) is 6.42 Å². The second kappa shape index (κ2) is 10.2. The van der Waals surface area contributed by atoms with Crippen LogP contribution in [0.1, 0.15) is 54.7 Å². The Hall–Kier alpha value is -1.62. The SMILES string of the molecule is O=C(O)/C=C/c1ccc(CCCCCCCCC(=O)O)s1. The molecule has 0 aliphatic rings. The zero-order valence-electron chi connectivity index (χ0n) is 12.1. The molecule has 0 spiro atoms. The molecule has 0 aliphatic carbocycles. The van der Waals surface area contributed by atoms with Gasteiger partial charge in [0.1, 0.15) is 0 Å². The van der Waals surface area contributed by atoms with Gasteiger partial charge in [-0.1, -0.05) is 25.7 Å². The summed E-state index contributed by atoms with van der Waals surface area (Å²) in [6.07, 6.45) is 10.4. The molecule has 1 heterocycles. The largest absolute Gasteiger partial charge is 0.481 e. The van der Waals surface area contributed by atoms with Gasteiger partial charge in [0.2, 0.25) is 0 Å². The Bertz CT molecular complexity index is 476. The quantitative estimate of drug-likeness (QED) is 0.474. The molecule has 0 fully saturated rings. The van der Waals surface area contributed by atoms with E-state index in [1.54, 1.807) is 17.4 Å². The second-order valence-electron chi connectivity index (χ2n) is 4.99. The van der Waals surface area contributed by atoms with Crippen LogP contribution in [-0.2, 0) is 16.0 Å². The van der Waals surface area contributed by atoms with Crippen molar-refractivity contribution in [2.45, 2.75) is 51.4 Å². The third-order valence-electron chi connectivity index (χ3n) is 3.14. The van der Waals surface area contributed by atoms with Gasteiger partial charge in [0, 0.05) is 22.3 Å². The van der Waals surface area contributed by atoms with Crippen molar-refractivity contribution in [1.29, 1.82) is 0 Å². The first kappa shape index (κ1) is 17.4. The zero-order chi connectivity index (χ0) is 15.5. The predicted molar refractivity (Wildman–Crippen MR) is 84.6 cm³/mol. The first-order chi connectivity index (χ1) is 10.1. The number of carboxylic acids is 2. The number of hydrogen-bond acceptors (Lipinski definition) is 3. The fourth-order valence-corrected chi connectivity index (χ4v) is 3.01. The minimum atomic E-state index is -0.923. The summed E-state index contributed by atoms with van der Waals surface area (Å²) in [7, 11) is 0. The second-order valence-corrected chi connectivity index (χ2v) is 6.19. The van der Waals surface area contributed by atoms with E-state index in [4.69, 9.17) is 10.2 Å². The molecule has 0 saturated carbocycles. The van der Waals surface area contributed by atoms with Crippen molar-refractivity contribution in [3.63, 3.8) is 0 Å². The highest BCUT2D eigenvalue weighted by molar-refractivity contribution is 7.12. The molecule has 21 heavy (non-hydrogen) atoms. The van der Waals surface area contributed by atoms with Gasteiger partial charge in [-0.15, -0.1) is 11.3 Å². The number of aliphatic carboxylic acids is 2. The normalized spacial score (nSPS) is 11.0. The summed E-state index contributed by atoms with van der Waals surface area (Å²) in [6.45, 7) is 0. The first-order valence-electron chi connectivity index (χ1n) is 7.29. The van der Waals surface area contributed by atoms with Gasteiger partial charge in [-0.2, -0.15) is 0 Å². The van der Waals surface area contributed by atoms with E-state index in [0.717, 1.165) is 55.9 Å². The van der Waals surface area contributed by atoms with Gasteiger partial charge in [-0.25, -0.2) is 4.79 Å². The molecule has 0 saturated heterocycles. The fraction of sp³-hybridized carbons (Fsp3) is 0.500. The Morgan fingerprint density at radius 1 is 1.00 bits per heavy atom. The fourth-order valence-electron chi connectivity index (χ4n) is 2.05. The van der Waals surface area contributed by atoms with Gasteiger partial charge in [0.05, 0.1) is 0 Å². The topological polar surface area (TPSA) is 74.6 Å². The van der Waals surface area contributed by atoms with Crippen molar-refractivity contribution in [1.82, 2.24) is 0 Å². The Morgan fingerprint density at radius 3 is 2.33 bits per heavy atom. The van der Waals surface area contributed by atoms with E-state index in [2.05, 4.69) is 6.07 Å². The van der Waals surface area contributed by atoms with Gasteiger partial charge in [0.15, 0.2) is 0 Å². The van der Waals surface area contributed by atoms with Gasteiger partial charge in [-0.05, 0) is 37.5 Å². The average Bonchev–Trinajstić information content (AvgIpc) is 2.87. The van der Waals surface area contributed by atoms with Crippen LogP contribution in [0.4, 0.5) is 0 Å². The number of thiophene rings is 1. The lowest BCUT2D eigenvalue weighted by Gasteiger charge is -2.00. The standard InChI is InChI=1S/C16H22O4S/c17-15(18)8-6-4-2-1-3-5-7-13-9-10-14(21-13)11-12-16(19)20/h9-12H,1-8H2,(H,17,18)(H,19,20)/b12-11+. The molecule has 4 nitrogen and oxygen atoms in total. The highest BCUT2D eigenvalue weighted by atomic mass is 32.1. The summed E-state index contributed by atoms with van der Waals surface area (Å²) in [5, 5.41) is 17.1. The molecule has 0 radical (unpaired) electrons. The van der Waals surface area contributed by atoms with Gasteiger partial charge < -0.3 is 10.2 Å². The Morgan fingerprint density at radius 2 is 1.67 bits per heavy atom. The Labute approximate surface area is 129 Å². The monoisotopic (exact) mass is 310 g/mol. The lowest BCUT2D eigenvalue weighted by Crippen LogP contribution is -1.93. The van der Waals surface area contributed by atoms with Crippen LogP contribution in [0, 0.1) is 0 Å². The maximum absolute atomic E-state index is 10.4. The lowest BCUT2D eigenvalue weighted by molar-refractivity contribution is -0.137. The minimum absolute atomic E-state index is 0.280. The highest BCUT2D eigenvalue weighted by Crippen LogP contribution is 2.20. The molecule has 0 atom stereocenters. The smallest absolute Gasteiger partial charge is 0.328 e. The van der Waals surface area contributed by atoms with Gasteiger partial charge in [-0.3, -0.25) is 4.79 Å². The molecule has 0 unspecified atom stereocenters. The molecular weight excluding hydrogens is 288 g/mol. The molecule has 5 heteroatoms. The maximum atomic E-state index is 10.4. The number of rotatable bonds is 11. The third-order valence-corrected chi connectivity index (χ3v) is 4.25. The van der Waals surface area contributed by atoms with Crippen LogP contribution in [0.3, 0.4) is 0 Å². The summed E-state index contributed by atoms with van der Waals surface area (Å²) >= 11 is 1.63. The van der Waals surface area contributed by atoms with Crippen LogP contribution in [0.5, 0.6) is 0 Å². The molecule has 1 aromatic rings. The first-order valence-corrected chi connectivity index (χ1v) is 8.11. The maximum Gasteiger partial charge on any atom is 0.328 e. The van der Waals surface area contributed by atoms with Crippen molar-refractivity contribution in [2.24, 2.45) is 0 Å². The zero-order valence-corrected chi connectivity index (χ0v) is 12.9. The molecule has 0 amide bonds. The number of aryl methyl sites for hydroxylation is 1. The molecule has 1 rings (SSSR count). The van der Waals surface area contributed by atoms with Crippen LogP contribution in [-0.4, -0.2) is 22.2 Å². The van der Waals surface area contributed by atoms with Crippen LogP contribution < -0.4 is 0 Å². The van der Waals surface area contributed by atoms with Crippen LogP contribution >= 0.6 is 11.3 Å². The van der Waals surface area contributed by atoms with E-state index in [1.807, 2.05) is 6.07 Å². The van der Waals surface area contributed by atoms with E-state index in [9.17, 15) is 9.59 Å². The van der Waals surface area contributed by atoms with Gasteiger partial charge in [0.25, 0.3) is 0 Å². The molecular formula is C16H22O4S. The molecule has 1 aromatic heterocycles. The van der Waals surface area contributed by atoms with E-state index < -0.39 is 11.9 Å². The summed E-state index contributed by atoms with van der Waals surface area (Å²) in [5.74, 6) is -1.63. The summed E-state index contributed by atoms with van der Waals surface area (Å²) in [4.78, 5) is 23.0. The third kappa shape index (κ3) is 9.02. The molecule has 2 N–H and O–H groups in total. The van der Waals surface area contributed by atoms with Crippen LogP contribution in [0.25, 0.3) is 6.08 Å². The van der Waals surface area contributed by atoms with Crippen molar-refractivity contribution in [2.75, 3.05) is 0 Å². The average molecular weight is 310 g/mol. The lowest BCUT2D eigenvalue weighted by atomic mass is 10.1. The van der Waals surface area contributed by atoms with Crippen LogP contribution in [0.15, 0.2) is 18.2 Å². The number of unbranched alkanes of at least 4 members (excludes halogenated alkanes) is 5. The predicted octanol–water partition coefficient (Wildman–Crippen LogP) is 4.20. The Balaban J connectivity index is 2.08. The molecule has 0 bridgehead atoms. The highest BCUT2D eigenvalue weighted by Gasteiger charge is 2.00. The number of hydrogen-bond donors (Lipinski definition) is 2. The van der Waals surface area contributed by atoms with E-state index in [1.165, 1.54) is 4.88 Å². The molecule has 0 aromatic carbocycles. The van der Waals surface area contributed by atoms with Gasteiger partial charge >= 0.3 is 11.9 Å². The minimum Gasteiger partial charge on any atom is -0.481 e. The Kier molecular flexibility index (Phi) is 8.43. The van der Waals surface area contributed by atoms with Crippen molar-refractivity contribution < 1.29 is 19.8 Å². The van der Waals surface area contributed by atoms with Crippen molar-refractivity contribution in [3.05, 3.63) is 28.0 Å². The van der Waals surface area contributed by atoms with E-state index in [0.29, 0.717) is 0 Å². The number of carbonyl (C=O) groups is 2. The van der Waals surface area contributed by atoms with Crippen molar-refractivity contribution >= 4 is 29.4 Å². The molecule has 0 aliphatic heterocycles. The van der Waals surface area contributed by atoms with Crippen molar-refractivity contribution in [3.8, 4) is 0 Å². The number of carboxylic acid groups (broad SMARTS) is 2. The summed E-state index contributed by atoms with van der Waals surface area (Å²) in [6, 6.07) is 4.00. The van der Waals surface area contributed by atoms with E-state index >= 15 is 0 Å².